The first-order valence-electron chi connectivity index (χ1n) is 5.95. The quantitative estimate of drug-likeness (QED) is 0.685. The van der Waals surface area contributed by atoms with Gasteiger partial charge in [-0.1, -0.05) is 30.0 Å². The largest absolute Gasteiger partial charge is 0.324 e. The maximum Gasteiger partial charge on any atom is 0.283 e. The Labute approximate surface area is 119 Å². The van der Waals surface area contributed by atoms with Gasteiger partial charge in [-0.15, -0.1) is 0 Å². The third kappa shape index (κ3) is 3.15. The minimum Gasteiger partial charge on any atom is -0.324 e. The van der Waals surface area contributed by atoms with Crippen LogP contribution in [0.15, 0.2) is 52.3 Å². The van der Waals surface area contributed by atoms with Gasteiger partial charge in [0.2, 0.25) is 0 Å². The Hall–Kier alpha value is -1.92. The number of rotatable bonds is 4. The molecule has 0 heterocycles. The number of benzene rings is 2. The van der Waals surface area contributed by atoms with Gasteiger partial charge in [0, 0.05) is 17.0 Å². The fourth-order valence-corrected chi connectivity index (χ4v) is 2.62. The first-order chi connectivity index (χ1) is 9.49. The number of nitro benzene ring substituents is 1. The molecule has 0 aliphatic rings. The molecule has 0 aromatic heterocycles. The average Bonchev–Trinajstić information content (AvgIpc) is 2.41. The van der Waals surface area contributed by atoms with Crippen molar-refractivity contribution in [2.24, 2.45) is 5.73 Å². The highest BCUT2D eigenvalue weighted by Crippen LogP contribution is 2.36. The van der Waals surface area contributed by atoms with Crippen molar-refractivity contribution in [3.05, 3.63) is 64.0 Å². The molecular weight excluding hydrogens is 279 g/mol. The molecule has 2 aromatic rings. The number of nitrogens with two attached hydrogens (primary N) is 1. The summed E-state index contributed by atoms with van der Waals surface area (Å²) in [5, 5.41) is 10.9. The molecule has 2 aromatic carbocycles. The van der Waals surface area contributed by atoms with Crippen LogP contribution in [-0.2, 0) is 0 Å². The Morgan fingerprint density at radius 3 is 2.55 bits per heavy atom. The van der Waals surface area contributed by atoms with Crippen molar-refractivity contribution in [2.75, 3.05) is 0 Å². The van der Waals surface area contributed by atoms with Gasteiger partial charge in [0.25, 0.3) is 5.69 Å². The monoisotopic (exact) mass is 292 g/mol. The highest BCUT2D eigenvalue weighted by atomic mass is 32.2. The summed E-state index contributed by atoms with van der Waals surface area (Å²) in [5.41, 5.74) is 6.34. The van der Waals surface area contributed by atoms with Gasteiger partial charge in [-0.05, 0) is 30.7 Å². The van der Waals surface area contributed by atoms with E-state index < -0.39 is 10.7 Å². The third-order valence-electron chi connectivity index (χ3n) is 2.76. The highest BCUT2D eigenvalue weighted by molar-refractivity contribution is 7.99. The molecule has 2 N–H and O–H groups in total. The van der Waals surface area contributed by atoms with Gasteiger partial charge < -0.3 is 5.73 Å². The molecule has 1 atom stereocenters. The first-order valence-corrected chi connectivity index (χ1v) is 6.77. The van der Waals surface area contributed by atoms with Crippen LogP contribution >= 0.6 is 11.8 Å². The smallest absolute Gasteiger partial charge is 0.283 e. The van der Waals surface area contributed by atoms with E-state index in [-0.39, 0.29) is 11.7 Å². The maximum atomic E-state index is 14.0. The zero-order chi connectivity index (χ0) is 14.7. The maximum absolute atomic E-state index is 14.0. The normalized spacial score (nSPS) is 12.2. The van der Waals surface area contributed by atoms with Gasteiger partial charge in [-0.3, -0.25) is 10.1 Å². The summed E-state index contributed by atoms with van der Waals surface area (Å²) in [6, 6.07) is 10.7. The number of halogens is 1. The van der Waals surface area contributed by atoms with E-state index in [4.69, 9.17) is 5.73 Å². The molecule has 0 radical (unpaired) electrons. The van der Waals surface area contributed by atoms with Gasteiger partial charge in [0.05, 0.1) is 9.82 Å². The molecular formula is C14H13FN2O2S. The van der Waals surface area contributed by atoms with E-state index in [1.54, 1.807) is 37.3 Å². The predicted molar refractivity (Wildman–Crippen MR) is 76.2 cm³/mol. The number of nitro groups is 1. The lowest BCUT2D eigenvalue weighted by atomic mass is 10.1. The molecule has 0 spiro atoms. The summed E-state index contributed by atoms with van der Waals surface area (Å²) in [4.78, 5) is 11.2. The van der Waals surface area contributed by atoms with Crippen LogP contribution < -0.4 is 5.73 Å². The lowest BCUT2D eigenvalue weighted by Crippen LogP contribution is -2.05. The topological polar surface area (TPSA) is 69.2 Å². The SMILES string of the molecule is CC(N)c1ccc(Sc2ccccc2[N+](=O)[O-])c(F)c1. The molecule has 0 amide bonds. The van der Waals surface area contributed by atoms with E-state index in [0.717, 1.165) is 11.8 Å². The third-order valence-corrected chi connectivity index (χ3v) is 3.88. The first kappa shape index (κ1) is 14.5. The van der Waals surface area contributed by atoms with Crippen molar-refractivity contribution in [2.45, 2.75) is 22.8 Å². The summed E-state index contributed by atoms with van der Waals surface area (Å²) in [6.45, 7) is 1.77. The minimum absolute atomic E-state index is 0.0341. The van der Waals surface area contributed by atoms with Crippen molar-refractivity contribution >= 4 is 17.4 Å². The number of hydrogen-bond donors (Lipinski definition) is 1. The van der Waals surface area contributed by atoms with Crippen molar-refractivity contribution in [3.63, 3.8) is 0 Å². The summed E-state index contributed by atoms with van der Waals surface area (Å²) in [5.74, 6) is -0.428. The molecule has 0 aliphatic carbocycles. The zero-order valence-corrected chi connectivity index (χ0v) is 11.6. The van der Waals surface area contributed by atoms with Crippen LogP contribution in [0.1, 0.15) is 18.5 Å². The highest BCUT2D eigenvalue weighted by Gasteiger charge is 2.15. The summed E-state index contributed by atoms with van der Waals surface area (Å²) in [7, 11) is 0. The van der Waals surface area contributed by atoms with Crippen molar-refractivity contribution in [1.29, 1.82) is 0 Å². The van der Waals surface area contributed by atoms with E-state index >= 15 is 0 Å². The summed E-state index contributed by atoms with van der Waals surface area (Å²) >= 11 is 1.03. The lowest BCUT2D eigenvalue weighted by Gasteiger charge is -2.08. The predicted octanol–water partition coefficient (Wildman–Crippen LogP) is 3.90. The number of nitrogens with zero attached hydrogens (tertiary/aromatic N) is 1. The Balaban J connectivity index is 2.33. The van der Waals surface area contributed by atoms with Gasteiger partial charge >= 0.3 is 0 Å². The van der Waals surface area contributed by atoms with Gasteiger partial charge in [-0.25, -0.2) is 4.39 Å². The van der Waals surface area contributed by atoms with Crippen LogP contribution in [0.3, 0.4) is 0 Å². The van der Waals surface area contributed by atoms with Crippen LogP contribution in [0.25, 0.3) is 0 Å². The summed E-state index contributed by atoms with van der Waals surface area (Å²) in [6.07, 6.45) is 0. The van der Waals surface area contributed by atoms with Gasteiger partial charge in [0.1, 0.15) is 5.82 Å². The van der Waals surface area contributed by atoms with E-state index in [2.05, 4.69) is 0 Å². The Morgan fingerprint density at radius 1 is 1.25 bits per heavy atom. The molecule has 104 valence electrons. The molecule has 6 heteroatoms. The second-order valence-corrected chi connectivity index (χ2v) is 5.39. The van der Waals surface area contributed by atoms with Crippen LogP contribution in [0.5, 0.6) is 0 Å². The lowest BCUT2D eigenvalue weighted by molar-refractivity contribution is -0.387. The molecule has 0 fully saturated rings. The van der Waals surface area contributed by atoms with Gasteiger partial charge in [-0.2, -0.15) is 0 Å². The Morgan fingerprint density at radius 2 is 1.95 bits per heavy atom. The van der Waals surface area contributed by atoms with E-state index in [1.165, 1.54) is 12.1 Å². The Kier molecular flexibility index (Phi) is 4.36. The molecule has 0 saturated heterocycles. The van der Waals surface area contributed by atoms with Gasteiger partial charge in [0.15, 0.2) is 0 Å². The fraction of sp³-hybridized carbons (Fsp3) is 0.143. The van der Waals surface area contributed by atoms with E-state index in [0.29, 0.717) is 15.4 Å². The van der Waals surface area contributed by atoms with Crippen molar-refractivity contribution in [1.82, 2.24) is 0 Å². The molecule has 1 unspecified atom stereocenters. The minimum atomic E-state index is -0.476. The van der Waals surface area contributed by atoms with E-state index in [9.17, 15) is 14.5 Å². The van der Waals surface area contributed by atoms with Crippen LogP contribution in [-0.4, -0.2) is 4.92 Å². The average molecular weight is 292 g/mol. The molecule has 4 nitrogen and oxygen atoms in total. The zero-order valence-electron chi connectivity index (χ0n) is 10.7. The van der Waals surface area contributed by atoms with Crippen molar-refractivity contribution < 1.29 is 9.31 Å². The van der Waals surface area contributed by atoms with Crippen molar-refractivity contribution in [3.8, 4) is 0 Å². The standard InChI is InChI=1S/C14H13FN2O2S/c1-9(16)10-6-7-13(11(15)8-10)20-14-5-3-2-4-12(14)17(18)19/h2-9H,16H2,1H3. The number of para-hydroxylation sites is 1. The molecule has 20 heavy (non-hydrogen) atoms. The molecule has 2 rings (SSSR count). The fourth-order valence-electron chi connectivity index (χ4n) is 1.70. The second-order valence-electron chi connectivity index (χ2n) is 4.31. The number of hydrogen-bond acceptors (Lipinski definition) is 4. The molecule has 0 aliphatic heterocycles. The Bertz CT molecular complexity index is 647. The molecule has 0 bridgehead atoms. The van der Waals surface area contributed by atoms with Crippen LogP contribution in [0, 0.1) is 15.9 Å². The molecule has 0 saturated carbocycles. The van der Waals surface area contributed by atoms with Crippen LogP contribution in [0.2, 0.25) is 0 Å². The van der Waals surface area contributed by atoms with Crippen LogP contribution in [0.4, 0.5) is 10.1 Å². The second kappa shape index (κ2) is 6.02. The summed E-state index contributed by atoms with van der Waals surface area (Å²) < 4.78 is 14.0. The van der Waals surface area contributed by atoms with E-state index in [1.807, 2.05) is 0 Å².